The predicted molar refractivity (Wildman–Crippen MR) is 63.3 cm³/mol. The van der Waals surface area contributed by atoms with Crippen LogP contribution in [0.5, 0.6) is 0 Å². The van der Waals surface area contributed by atoms with Crippen molar-refractivity contribution in [1.29, 1.82) is 0 Å². The first-order valence-electron chi connectivity index (χ1n) is 4.90. The average molecular weight is 290 g/mol. The Morgan fingerprint density at radius 3 is 3.20 bits per heavy atom. The highest BCUT2D eigenvalue weighted by molar-refractivity contribution is 9.10. The van der Waals surface area contributed by atoms with Gasteiger partial charge >= 0.3 is 0 Å². The third-order valence-corrected chi connectivity index (χ3v) is 4.17. The van der Waals surface area contributed by atoms with Crippen LogP contribution >= 0.6 is 27.3 Å². The number of hydrogen-bond donors (Lipinski definition) is 1. The van der Waals surface area contributed by atoms with Gasteiger partial charge in [-0.2, -0.15) is 0 Å². The summed E-state index contributed by atoms with van der Waals surface area (Å²) in [5, 5.41) is 4.78. The Morgan fingerprint density at radius 1 is 1.73 bits per heavy atom. The van der Waals surface area contributed by atoms with Gasteiger partial charge in [0.15, 0.2) is 0 Å². The molecule has 2 heterocycles. The fraction of sp³-hybridized carbons (Fsp3) is 0.500. The van der Waals surface area contributed by atoms with E-state index in [9.17, 15) is 4.79 Å². The van der Waals surface area contributed by atoms with Gasteiger partial charge in [0.1, 0.15) is 4.88 Å². The summed E-state index contributed by atoms with van der Waals surface area (Å²) in [7, 11) is 0. The van der Waals surface area contributed by atoms with E-state index in [0.29, 0.717) is 6.54 Å². The summed E-state index contributed by atoms with van der Waals surface area (Å²) in [4.78, 5) is 12.4. The molecule has 1 aromatic rings. The zero-order valence-corrected chi connectivity index (χ0v) is 10.6. The first kappa shape index (κ1) is 11.1. The standard InChI is InChI=1S/C10H12BrNO2S/c11-8-3-5-15-9(8)10(13)12-6-7-2-1-4-14-7/h3,5,7H,1-2,4,6H2,(H,12,13)/t7-/m1/s1. The molecule has 1 atom stereocenters. The van der Waals surface area contributed by atoms with Crippen LogP contribution in [-0.4, -0.2) is 25.2 Å². The molecule has 0 aromatic carbocycles. The maximum atomic E-state index is 11.7. The third-order valence-electron chi connectivity index (χ3n) is 2.34. The van der Waals surface area contributed by atoms with Gasteiger partial charge in [-0.05, 0) is 40.2 Å². The van der Waals surface area contributed by atoms with E-state index in [0.717, 1.165) is 28.8 Å². The number of thiophene rings is 1. The van der Waals surface area contributed by atoms with Crippen molar-refractivity contribution in [3.8, 4) is 0 Å². The van der Waals surface area contributed by atoms with Crippen LogP contribution in [0, 0.1) is 0 Å². The summed E-state index contributed by atoms with van der Waals surface area (Å²) in [5.41, 5.74) is 0. The molecule has 0 bridgehead atoms. The molecule has 0 saturated carbocycles. The summed E-state index contributed by atoms with van der Waals surface area (Å²) in [6, 6.07) is 1.88. The summed E-state index contributed by atoms with van der Waals surface area (Å²) in [5.74, 6) is -0.0209. The van der Waals surface area contributed by atoms with Gasteiger partial charge in [-0.1, -0.05) is 0 Å². The second kappa shape index (κ2) is 5.09. The number of ether oxygens (including phenoxy) is 1. The molecule has 1 aliphatic rings. The Balaban J connectivity index is 1.84. The molecule has 5 heteroatoms. The SMILES string of the molecule is O=C(NC[C@H]1CCCO1)c1sccc1Br. The number of nitrogens with one attached hydrogen (secondary N) is 1. The first-order valence-corrected chi connectivity index (χ1v) is 6.57. The predicted octanol–water partition coefficient (Wildman–Crippen LogP) is 2.42. The van der Waals surface area contributed by atoms with Gasteiger partial charge in [0.2, 0.25) is 0 Å². The van der Waals surface area contributed by atoms with Crippen molar-refractivity contribution in [3.05, 3.63) is 20.8 Å². The smallest absolute Gasteiger partial charge is 0.262 e. The number of hydrogen-bond acceptors (Lipinski definition) is 3. The average Bonchev–Trinajstić information content (AvgIpc) is 2.84. The van der Waals surface area contributed by atoms with E-state index in [1.807, 2.05) is 11.4 Å². The molecule has 0 aliphatic carbocycles. The highest BCUT2D eigenvalue weighted by Gasteiger charge is 2.17. The van der Waals surface area contributed by atoms with Crippen molar-refractivity contribution in [3.63, 3.8) is 0 Å². The highest BCUT2D eigenvalue weighted by Crippen LogP contribution is 2.22. The number of amides is 1. The molecule has 1 aliphatic heterocycles. The van der Waals surface area contributed by atoms with E-state index in [4.69, 9.17) is 4.74 Å². The zero-order chi connectivity index (χ0) is 10.7. The van der Waals surface area contributed by atoms with Gasteiger partial charge in [-0.3, -0.25) is 4.79 Å². The molecule has 2 rings (SSSR count). The van der Waals surface area contributed by atoms with E-state index in [-0.39, 0.29) is 12.0 Å². The van der Waals surface area contributed by atoms with Crippen molar-refractivity contribution in [2.24, 2.45) is 0 Å². The van der Waals surface area contributed by atoms with Crippen molar-refractivity contribution in [2.75, 3.05) is 13.2 Å². The molecule has 82 valence electrons. The van der Waals surface area contributed by atoms with E-state index < -0.39 is 0 Å². The van der Waals surface area contributed by atoms with Gasteiger partial charge in [-0.15, -0.1) is 11.3 Å². The van der Waals surface area contributed by atoms with Crippen LogP contribution in [0.2, 0.25) is 0 Å². The fourth-order valence-corrected chi connectivity index (χ4v) is 3.02. The summed E-state index contributed by atoms with van der Waals surface area (Å²) < 4.78 is 6.29. The van der Waals surface area contributed by atoms with Crippen LogP contribution < -0.4 is 5.32 Å². The lowest BCUT2D eigenvalue weighted by atomic mass is 10.2. The van der Waals surface area contributed by atoms with Crippen LogP contribution in [0.15, 0.2) is 15.9 Å². The Labute approximate surface area is 101 Å². The Hall–Kier alpha value is -0.390. The minimum Gasteiger partial charge on any atom is -0.376 e. The van der Waals surface area contributed by atoms with Gasteiger partial charge in [0, 0.05) is 17.6 Å². The number of carbonyl (C=O) groups excluding carboxylic acids is 1. The van der Waals surface area contributed by atoms with Gasteiger partial charge in [0.05, 0.1) is 6.10 Å². The van der Waals surface area contributed by atoms with E-state index in [1.165, 1.54) is 11.3 Å². The third kappa shape index (κ3) is 2.80. The van der Waals surface area contributed by atoms with Crippen LogP contribution in [0.1, 0.15) is 22.5 Å². The molecule has 3 nitrogen and oxygen atoms in total. The van der Waals surface area contributed by atoms with Crippen LogP contribution in [0.25, 0.3) is 0 Å². The van der Waals surface area contributed by atoms with Crippen LogP contribution in [0.3, 0.4) is 0 Å². The number of rotatable bonds is 3. The van der Waals surface area contributed by atoms with E-state index in [1.54, 1.807) is 0 Å². The maximum absolute atomic E-state index is 11.7. The molecule has 0 radical (unpaired) electrons. The first-order chi connectivity index (χ1) is 7.27. The number of carbonyl (C=O) groups is 1. The molecule has 1 fully saturated rings. The van der Waals surface area contributed by atoms with Gasteiger partial charge < -0.3 is 10.1 Å². The second-order valence-corrected chi connectivity index (χ2v) is 5.21. The number of halogens is 1. The molecule has 0 spiro atoms. The molecule has 1 amide bonds. The van der Waals surface area contributed by atoms with Crippen LogP contribution in [-0.2, 0) is 4.74 Å². The largest absolute Gasteiger partial charge is 0.376 e. The van der Waals surface area contributed by atoms with Crippen molar-refractivity contribution in [2.45, 2.75) is 18.9 Å². The highest BCUT2D eigenvalue weighted by atomic mass is 79.9. The monoisotopic (exact) mass is 289 g/mol. The van der Waals surface area contributed by atoms with Gasteiger partial charge in [0.25, 0.3) is 5.91 Å². The lowest BCUT2D eigenvalue weighted by molar-refractivity contribution is 0.0860. The molecule has 1 saturated heterocycles. The Morgan fingerprint density at radius 2 is 2.60 bits per heavy atom. The van der Waals surface area contributed by atoms with Crippen molar-refractivity contribution < 1.29 is 9.53 Å². The van der Waals surface area contributed by atoms with Crippen LogP contribution in [0.4, 0.5) is 0 Å². The summed E-state index contributed by atoms with van der Waals surface area (Å²) in [6.07, 6.45) is 2.35. The quantitative estimate of drug-likeness (QED) is 0.928. The minimum absolute atomic E-state index is 0.0209. The lowest BCUT2D eigenvalue weighted by Gasteiger charge is -2.09. The molecule has 0 unspecified atom stereocenters. The van der Waals surface area contributed by atoms with E-state index >= 15 is 0 Å². The van der Waals surface area contributed by atoms with E-state index in [2.05, 4.69) is 21.2 Å². The summed E-state index contributed by atoms with van der Waals surface area (Å²) >= 11 is 4.78. The molecule has 1 N–H and O–H groups in total. The minimum atomic E-state index is -0.0209. The lowest BCUT2D eigenvalue weighted by Crippen LogP contribution is -2.31. The topological polar surface area (TPSA) is 38.3 Å². The van der Waals surface area contributed by atoms with Crippen molar-refractivity contribution in [1.82, 2.24) is 5.32 Å². The normalized spacial score (nSPS) is 20.5. The molecule has 15 heavy (non-hydrogen) atoms. The van der Waals surface area contributed by atoms with Gasteiger partial charge in [-0.25, -0.2) is 0 Å². The fourth-order valence-electron chi connectivity index (χ4n) is 1.55. The second-order valence-electron chi connectivity index (χ2n) is 3.44. The maximum Gasteiger partial charge on any atom is 0.262 e. The zero-order valence-electron chi connectivity index (χ0n) is 8.16. The molecule has 1 aromatic heterocycles. The Bertz CT molecular complexity index is 347. The Kier molecular flexibility index (Phi) is 3.77. The van der Waals surface area contributed by atoms with Crippen molar-refractivity contribution >= 4 is 33.2 Å². The summed E-state index contributed by atoms with van der Waals surface area (Å²) in [6.45, 7) is 1.44. The molecular formula is C10H12BrNO2S. The molecular weight excluding hydrogens is 278 g/mol.